The van der Waals surface area contributed by atoms with E-state index in [1.807, 2.05) is 0 Å². The van der Waals surface area contributed by atoms with Gasteiger partial charge in [0.25, 0.3) is 5.56 Å². The average Bonchev–Trinajstić information content (AvgIpc) is 2.93. The number of hydrogen-bond acceptors (Lipinski definition) is 5. The smallest absolute Gasteiger partial charge is 0.339 e. The molecule has 23 heavy (non-hydrogen) atoms. The molecule has 0 unspecified atom stereocenters. The van der Waals surface area contributed by atoms with Gasteiger partial charge in [0.2, 0.25) is 0 Å². The number of fused-ring (bicyclic) bond motifs is 1. The Kier molecular flexibility index (Phi) is 3.64. The summed E-state index contributed by atoms with van der Waals surface area (Å²) in [4.78, 5) is 24.1. The molecule has 0 saturated heterocycles. The van der Waals surface area contributed by atoms with Crippen molar-refractivity contribution < 1.29 is 9.90 Å². The standard InChI is InChI=1S/C15H8ClN3O3S/c1-7-10(6-17)13(20)19-14(11(7)15(21)22)23-12(18-19)8-2-4-9(16)5-3-8/h2-5H,1H3,(H,21,22). The van der Waals surface area contributed by atoms with Crippen molar-refractivity contribution in [3.05, 3.63) is 56.3 Å². The lowest BCUT2D eigenvalue weighted by atomic mass is 10.1. The lowest BCUT2D eigenvalue weighted by molar-refractivity contribution is 0.0698. The Labute approximate surface area is 138 Å². The van der Waals surface area contributed by atoms with E-state index < -0.39 is 11.5 Å². The van der Waals surface area contributed by atoms with E-state index in [1.54, 1.807) is 30.3 Å². The maximum atomic E-state index is 12.3. The SMILES string of the molecule is Cc1c(C#N)c(=O)n2nc(-c3ccc(Cl)cc3)sc2c1C(=O)O. The van der Waals surface area contributed by atoms with Crippen LogP contribution in [0.3, 0.4) is 0 Å². The van der Waals surface area contributed by atoms with E-state index in [9.17, 15) is 14.7 Å². The lowest BCUT2D eigenvalue weighted by Gasteiger charge is -2.03. The van der Waals surface area contributed by atoms with Gasteiger partial charge in [0, 0.05) is 10.6 Å². The maximum Gasteiger partial charge on any atom is 0.339 e. The first-order chi connectivity index (χ1) is 10.9. The van der Waals surface area contributed by atoms with E-state index >= 15 is 0 Å². The number of aromatic carboxylic acids is 1. The first-order valence-electron chi connectivity index (χ1n) is 6.39. The number of carbonyl (C=O) groups is 1. The Morgan fingerprint density at radius 2 is 2.04 bits per heavy atom. The van der Waals surface area contributed by atoms with E-state index in [2.05, 4.69) is 5.10 Å². The molecule has 1 aromatic carbocycles. The van der Waals surface area contributed by atoms with Gasteiger partial charge in [0.05, 0.1) is 0 Å². The molecule has 0 aliphatic rings. The zero-order chi connectivity index (χ0) is 16.7. The second-order valence-corrected chi connectivity index (χ2v) is 6.14. The molecule has 0 aliphatic heterocycles. The highest BCUT2D eigenvalue weighted by Crippen LogP contribution is 2.29. The second-order valence-electron chi connectivity index (χ2n) is 4.73. The number of carboxylic acids is 1. The van der Waals surface area contributed by atoms with Crippen molar-refractivity contribution in [1.82, 2.24) is 9.61 Å². The third-order valence-corrected chi connectivity index (χ3v) is 4.70. The molecule has 6 nitrogen and oxygen atoms in total. The number of aromatic nitrogens is 2. The molecule has 3 rings (SSSR count). The van der Waals surface area contributed by atoms with Gasteiger partial charge < -0.3 is 5.11 Å². The molecule has 0 amide bonds. The normalized spacial score (nSPS) is 10.7. The Morgan fingerprint density at radius 1 is 1.39 bits per heavy atom. The summed E-state index contributed by atoms with van der Waals surface area (Å²) in [6.07, 6.45) is 0. The minimum atomic E-state index is -1.21. The van der Waals surface area contributed by atoms with Gasteiger partial charge in [-0.05, 0) is 24.6 Å². The summed E-state index contributed by atoms with van der Waals surface area (Å²) < 4.78 is 0.976. The van der Waals surface area contributed by atoms with Crippen molar-refractivity contribution in [1.29, 1.82) is 5.26 Å². The van der Waals surface area contributed by atoms with Gasteiger partial charge in [-0.3, -0.25) is 4.79 Å². The van der Waals surface area contributed by atoms with Gasteiger partial charge in [-0.1, -0.05) is 35.1 Å². The lowest BCUT2D eigenvalue weighted by Crippen LogP contribution is -2.22. The highest BCUT2D eigenvalue weighted by Gasteiger charge is 2.23. The molecule has 0 atom stereocenters. The van der Waals surface area contributed by atoms with Gasteiger partial charge in [-0.2, -0.15) is 14.9 Å². The van der Waals surface area contributed by atoms with Crippen molar-refractivity contribution in [3.63, 3.8) is 0 Å². The predicted octanol–water partition coefficient (Wildman–Crippen LogP) is 2.95. The largest absolute Gasteiger partial charge is 0.478 e. The molecule has 3 aromatic rings. The second kappa shape index (κ2) is 5.50. The Hall–Kier alpha value is -2.69. The quantitative estimate of drug-likeness (QED) is 0.770. The molecule has 2 heterocycles. The molecule has 0 aliphatic carbocycles. The monoisotopic (exact) mass is 345 g/mol. The van der Waals surface area contributed by atoms with Crippen LogP contribution in [0.1, 0.15) is 21.5 Å². The van der Waals surface area contributed by atoms with Crippen LogP contribution in [0.5, 0.6) is 0 Å². The van der Waals surface area contributed by atoms with E-state index in [-0.39, 0.29) is 21.5 Å². The van der Waals surface area contributed by atoms with Gasteiger partial charge in [-0.15, -0.1) is 0 Å². The number of rotatable bonds is 2. The molecule has 2 aromatic heterocycles. The third-order valence-electron chi connectivity index (χ3n) is 3.36. The summed E-state index contributed by atoms with van der Waals surface area (Å²) >= 11 is 6.92. The van der Waals surface area contributed by atoms with E-state index in [4.69, 9.17) is 16.9 Å². The van der Waals surface area contributed by atoms with E-state index in [0.717, 1.165) is 15.9 Å². The van der Waals surface area contributed by atoms with Crippen molar-refractivity contribution in [3.8, 4) is 16.6 Å². The van der Waals surface area contributed by atoms with Crippen molar-refractivity contribution >= 4 is 33.7 Å². The van der Waals surface area contributed by atoms with Crippen LogP contribution in [0, 0.1) is 18.3 Å². The van der Waals surface area contributed by atoms with Crippen LogP contribution in [-0.2, 0) is 0 Å². The molecule has 0 radical (unpaired) electrons. The first kappa shape index (κ1) is 15.2. The number of halogens is 1. The van der Waals surface area contributed by atoms with E-state index in [1.165, 1.54) is 6.92 Å². The Balaban J connectivity index is 2.39. The van der Waals surface area contributed by atoms with E-state index in [0.29, 0.717) is 15.6 Å². The van der Waals surface area contributed by atoms with Crippen LogP contribution < -0.4 is 5.56 Å². The minimum absolute atomic E-state index is 0.0844. The highest BCUT2D eigenvalue weighted by atomic mass is 35.5. The highest BCUT2D eigenvalue weighted by molar-refractivity contribution is 7.20. The summed E-state index contributed by atoms with van der Waals surface area (Å²) in [7, 11) is 0. The Morgan fingerprint density at radius 3 is 2.61 bits per heavy atom. The summed E-state index contributed by atoms with van der Waals surface area (Å²) in [6.45, 7) is 1.45. The number of carboxylic acid groups (broad SMARTS) is 1. The van der Waals surface area contributed by atoms with Crippen LogP contribution in [0.15, 0.2) is 29.1 Å². The topological polar surface area (TPSA) is 95.5 Å². The number of pyridine rings is 1. The number of nitrogens with zero attached hydrogens (tertiary/aromatic N) is 3. The fraction of sp³-hybridized carbons (Fsp3) is 0.0667. The zero-order valence-electron chi connectivity index (χ0n) is 11.7. The molecular weight excluding hydrogens is 338 g/mol. The van der Waals surface area contributed by atoms with Crippen molar-refractivity contribution in [2.75, 3.05) is 0 Å². The maximum absolute atomic E-state index is 12.3. The Bertz CT molecular complexity index is 1040. The predicted molar refractivity (Wildman–Crippen MR) is 86.2 cm³/mol. The molecule has 0 saturated carbocycles. The molecule has 114 valence electrons. The fourth-order valence-electron chi connectivity index (χ4n) is 2.23. The number of benzene rings is 1. The van der Waals surface area contributed by atoms with Gasteiger partial charge in [0.15, 0.2) is 0 Å². The number of hydrogen-bond donors (Lipinski definition) is 1. The van der Waals surface area contributed by atoms with Crippen LogP contribution in [0.25, 0.3) is 15.4 Å². The fourth-order valence-corrected chi connectivity index (χ4v) is 3.47. The summed E-state index contributed by atoms with van der Waals surface area (Å²) in [5.74, 6) is -1.21. The molecule has 1 N–H and O–H groups in total. The van der Waals surface area contributed by atoms with Crippen molar-refractivity contribution in [2.45, 2.75) is 6.92 Å². The van der Waals surface area contributed by atoms with Gasteiger partial charge in [0.1, 0.15) is 27.0 Å². The molecule has 0 spiro atoms. The molecule has 0 bridgehead atoms. The summed E-state index contributed by atoms with van der Waals surface area (Å²) in [5.41, 5.74) is -0.0699. The summed E-state index contributed by atoms with van der Waals surface area (Å²) in [6, 6.07) is 8.56. The van der Waals surface area contributed by atoms with Gasteiger partial charge in [-0.25, -0.2) is 4.79 Å². The molecule has 8 heteroatoms. The van der Waals surface area contributed by atoms with Gasteiger partial charge >= 0.3 is 5.97 Å². The minimum Gasteiger partial charge on any atom is -0.478 e. The zero-order valence-corrected chi connectivity index (χ0v) is 13.3. The van der Waals surface area contributed by atoms with Crippen LogP contribution in [0.4, 0.5) is 0 Å². The van der Waals surface area contributed by atoms with Crippen LogP contribution >= 0.6 is 22.9 Å². The third kappa shape index (κ3) is 2.38. The van der Waals surface area contributed by atoms with Crippen LogP contribution in [-0.4, -0.2) is 20.7 Å². The first-order valence-corrected chi connectivity index (χ1v) is 7.59. The van der Waals surface area contributed by atoms with Crippen LogP contribution in [0.2, 0.25) is 5.02 Å². The average molecular weight is 346 g/mol. The number of nitriles is 1. The molecule has 0 fully saturated rings. The summed E-state index contributed by atoms with van der Waals surface area (Å²) in [5, 5.41) is 23.7. The molecular formula is C15H8ClN3O3S. The van der Waals surface area contributed by atoms with Crippen molar-refractivity contribution in [2.24, 2.45) is 0 Å².